The van der Waals surface area contributed by atoms with Crippen LogP contribution in [-0.2, 0) is 0 Å². The molecule has 6 nitrogen and oxygen atoms in total. The van der Waals surface area contributed by atoms with Crippen molar-refractivity contribution in [1.82, 2.24) is 9.88 Å². The minimum absolute atomic E-state index is 0.0130. The van der Waals surface area contributed by atoms with E-state index in [1.807, 2.05) is 73.3 Å². The molecule has 0 spiro atoms. The summed E-state index contributed by atoms with van der Waals surface area (Å²) in [5, 5.41) is 0. The van der Waals surface area contributed by atoms with Gasteiger partial charge in [-0.25, -0.2) is 4.98 Å². The van der Waals surface area contributed by atoms with Crippen LogP contribution in [0.4, 0.5) is 5.69 Å². The first kappa shape index (κ1) is 20.8. The van der Waals surface area contributed by atoms with Crippen molar-refractivity contribution >= 4 is 17.4 Å². The summed E-state index contributed by atoms with van der Waals surface area (Å²) in [6, 6.07) is 17.4. The van der Waals surface area contributed by atoms with Crippen LogP contribution in [0.1, 0.15) is 40.7 Å². The van der Waals surface area contributed by atoms with Crippen LogP contribution in [0.25, 0.3) is 11.3 Å². The average molecular weight is 418 g/mol. The third-order valence-electron chi connectivity index (χ3n) is 5.58. The third kappa shape index (κ3) is 4.38. The van der Waals surface area contributed by atoms with E-state index in [1.165, 1.54) is 0 Å². The summed E-state index contributed by atoms with van der Waals surface area (Å²) >= 11 is 0. The molecule has 1 aliphatic heterocycles. The quantitative estimate of drug-likeness (QED) is 0.574. The van der Waals surface area contributed by atoms with Gasteiger partial charge < -0.3 is 14.2 Å². The minimum atomic E-state index is -0.128. The number of piperazine rings is 1. The molecule has 0 saturated carbocycles. The van der Waals surface area contributed by atoms with Crippen LogP contribution in [0.15, 0.2) is 59.0 Å². The van der Waals surface area contributed by atoms with E-state index in [1.54, 1.807) is 6.92 Å². The number of rotatable bonds is 5. The first-order valence-corrected chi connectivity index (χ1v) is 10.7. The lowest BCUT2D eigenvalue weighted by molar-refractivity contribution is 0.0714. The number of Topliss-reactive ketones (excluding diaryl/α,β-unsaturated/α-hetero) is 1. The Labute approximate surface area is 182 Å². The first-order valence-electron chi connectivity index (χ1n) is 10.7. The van der Waals surface area contributed by atoms with E-state index in [4.69, 9.17) is 4.42 Å². The van der Waals surface area contributed by atoms with Crippen LogP contribution in [0.3, 0.4) is 0 Å². The zero-order valence-corrected chi connectivity index (χ0v) is 18.2. The standard InChI is InChI=1S/C25H27N3O3/c1-17(2)23(29)20-9-11-21(12-10-20)27-13-15-28(16-14-27)25(30)24-22(26-18(3)31-24)19-7-5-4-6-8-19/h4-12,17H,13-16H2,1-3H3. The van der Waals surface area contributed by atoms with Gasteiger partial charge in [-0.05, 0) is 24.3 Å². The number of hydrogen-bond donors (Lipinski definition) is 0. The second-order valence-electron chi connectivity index (χ2n) is 8.12. The number of aryl methyl sites for hydroxylation is 1. The fourth-order valence-electron chi connectivity index (χ4n) is 3.84. The number of nitrogens with zero attached hydrogens (tertiary/aromatic N) is 3. The molecular weight excluding hydrogens is 390 g/mol. The Bertz CT molecular complexity index is 1060. The van der Waals surface area contributed by atoms with E-state index < -0.39 is 0 Å². The maximum Gasteiger partial charge on any atom is 0.292 e. The molecule has 0 aliphatic carbocycles. The summed E-state index contributed by atoms with van der Waals surface area (Å²) in [5.74, 6) is 0.794. The molecule has 2 heterocycles. The van der Waals surface area contributed by atoms with Gasteiger partial charge in [0.1, 0.15) is 5.69 Å². The maximum absolute atomic E-state index is 13.2. The molecule has 1 saturated heterocycles. The molecule has 0 bridgehead atoms. The molecule has 0 atom stereocenters. The lowest BCUT2D eigenvalue weighted by atomic mass is 10.0. The summed E-state index contributed by atoms with van der Waals surface area (Å²) < 4.78 is 5.70. The lowest BCUT2D eigenvalue weighted by Crippen LogP contribution is -2.48. The Morgan fingerprint density at radius 1 is 0.935 bits per heavy atom. The minimum Gasteiger partial charge on any atom is -0.435 e. The number of anilines is 1. The first-order chi connectivity index (χ1) is 14.9. The van der Waals surface area contributed by atoms with Crippen LogP contribution < -0.4 is 4.90 Å². The number of hydrogen-bond acceptors (Lipinski definition) is 5. The highest BCUT2D eigenvalue weighted by Crippen LogP contribution is 2.26. The highest BCUT2D eigenvalue weighted by Gasteiger charge is 2.28. The van der Waals surface area contributed by atoms with E-state index in [0.717, 1.165) is 29.9 Å². The number of carbonyl (C=O) groups is 2. The van der Waals surface area contributed by atoms with E-state index >= 15 is 0 Å². The van der Waals surface area contributed by atoms with Crippen molar-refractivity contribution in [2.45, 2.75) is 20.8 Å². The lowest BCUT2D eigenvalue weighted by Gasteiger charge is -2.35. The predicted octanol–water partition coefficient (Wildman–Crippen LogP) is 4.45. The number of benzene rings is 2. The van der Waals surface area contributed by atoms with Crippen molar-refractivity contribution < 1.29 is 14.0 Å². The number of carbonyl (C=O) groups excluding carboxylic acids is 2. The van der Waals surface area contributed by atoms with Gasteiger partial charge in [0, 0.05) is 55.8 Å². The van der Waals surface area contributed by atoms with Gasteiger partial charge in [-0.3, -0.25) is 9.59 Å². The van der Waals surface area contributed by atoms with Crippen molar-refractivity contribution in [3.63, 3.8) is 0 Å². The zero-order chi connectivity index (χ0) is 22.0. The smallest absolute Gasteiger partial charge is 0.292 e. The highest BCUT2D eigenvalue weighted by atomic mass is 16.4. The van der Waals surface area contributed by atoms with Gasteiger partial charge in [0.2, 0.25) is 5.76 Å². The molecule has 1 amide bonds. The van der Waals surface area contributed by atoms with Gasteiger partial charge in [-0.15, -0.1) is 0 Å². The van der Waals surface area contributed by atoms with Crippen molar-refractivity contribution in [2.75, 3.05) is 31.1 Å². The van der Waals surface area contributed by atoms with Crippen LogP contribution in [0.5, 0.6) is 0 Å². The average Bonchev–Trinajstić information content (AvgIpc) is 3.20. The number of aromatic nitrogens is 1. The predicted molar refractivity (Wildman–Crippen MR) is 120 cm³/mol. The van der Waals surface area contributed by atoms with Gasteiger partial charge in [0.15, 0.2) is 11.7 Å². The molecule has 160 valence electrons. The van der Waals surface area contributed by atoms with Crippen LogP contribution in [0.2, 0.25) is 0 Å². The van der Waals surface area contributed by atoms with Crippen LogP contribution >= 0.6 is 0 Å². The monoisotopic (exact) mass is 417 g/mol. The van der Waals surface area contributed by atoms with Crippen molar-refractivity contribution in [1.29, 1.82) is 0 Å². The van der Waals surface area contributed by atoms with E-state index in [0.29, 0.717) is 30.4 Å². The zero-order valence-electron chi connectivity index (χ0n) is 18.2. The largest absolute Gasteiger partial charge is 0.435 e. The number of amides is 1. The Balaban J connectivity index is 1.44. The molecule has 31 heavy (non-hydrogen) atoms. The van der Waals surface area contributed by atoms with E-state index in [9.17, 15) is 9.59 Å². The Morgan fingerprint density at radius 3 is 2.19 bits per heavy atom. The van der Waals surface area contributed by atoms with E-state index in [-0.39, 0.29) is 17.6 Å². The summed E-state index contributed by atoms with van der Waals surface area (Å²) in [4.78, 5) is 33.8. The number of ketones is 1. The van der Waals surface area contributed by atoms with E-state index in [2.05, 4.69) is 9.88 Å². The molecule has 4 rings (SSSR count). The molecule has 6 heteroatoms. The molecular formula is C25H27N3O3. The Kier molecular flexibility index (Phi) is 5.89. The highest BCUT2D eigenvalue weighted by molar-refractivity contribution is 5.98. The molecule has 1 aromatic heterocycles. The second kappa shape index (κ2) is 8.76. The molecule has 3 aromatic rings. The SMILES string of the molecule is Cc1nc(-c2ccccc2)c(C(=O)N2CCN(c3ccc(C(=O)C(C)C)cc3)CC2)o1. The molecule has 0 N–H and O–H groups in total. The fraction of sp³-hybridized carbons (Fsp3) is 0.320. The second-order valence-corrected chi connectivity index (χ2v) is 8.12. The van der Waals surface area contributed by atoms with Crippen LogP contribution in [-0.4, -0.2) is 47.8 Å². The van der Waals surface area contributed by atoms with Crippen molar-refractivity contribution in [2.24, 2.45) is 5.92 Å². The maximum atomic E-state index is 13.2. The summed E-state index contributed by atoms with van der Waals surface area (Å²) in [6.45, 7) is 8.21. The Morgan fingerprint density at radius 2 is 1.58 bits per heavy atom. The summed E-state index contributed by atoms with van der Waals surface area (Å²) in [6.07, 6.45) is 0. The molecule has 0 radical (unpaired) electrons. The van der Waals surface area contributed by atoms with Crippen LogP contribution in [0, 0.1) is 12.8 Å². The van der Waals surface area contributed by atoms with Gasteiger partial charge in [0.25, 0.3) is 5.91 Å². The summed E-state index contributed by atoms with van der Waals surface area (Å²) in [7, 11) is 0. The molecule has 1 aliphatic rings. The molecule has 2 aromatic carbocycles. The molecule has 1 fully saturated rings. The summed E-state index contributed by atoms with van der Waals surface area (Å²) in [5.41, 5.74) is 3.27. The van der Waals surface area contributed by atoms with Crippen molar-refractivity contribution in [3.8, 4) is 11.3 Å². The molecule has 0 unspecified atom stereocenters. The van der Waals surface area contributed by atoms with Gasteiger partial charge in [-0.2, -0.15) is 0 Å². The number of oxazole rings is 1. The van der Waals surface area contributed by atoms with Gasteiger partial charge in [-0.1, -0.05) is 44.2 Å². The van der Waals surface area contributed by atoms with Gasteiger partial charge in [0.05, 0.1) is 0 Å². The fourth-order valence-corrected chi connectivity index (χ4v) is 3.84. The normalized spacial score (nSPS) is 14.2. The third-order valence-corrected chi connectivity index (χ3v) is 5.58. The van der Waals surface area contributed by atoms with Crippen molar-refractivity contribution in [3.05, 3.63) is 71.8 Å². The topological polar surface area (TPSA) is 66.7 Å². The van der Waals surface area contributed by atoms with Gasteiger partial charge >= 0.3 is 0 Å². The Hall–Kier alpha value is -3.41.